The van der Waals surface area contributed by atoms with Crippen molar-refractivity contribution in [2.75, 3.05) is 13.2 Å². The summed E-state index contributed by atoms with van der Waals surface area (Å²) in [6, 6.07) is 17.8. The molecule has 164 valence electrons. The predicted molar refractivity (Wildman–Crippen MR) is 125 cm³/mol. The van der Waals surface area contributed by atoms with Gasteiger partial charge in [-0.3, -0.25) is 10.3 Å². The zero-order chi connectivity index (χ0) is 22.2. The van der Waals surface area contributed by atoms with Gasteiger partial charge in [0.15, 0.2) is 6.61 Å². The van der Waals surface area contributed by atoms with Crippen LogP contribution in [0.5, 0.6) is 5.75 Å². The van der Waals surface area contributed by atoms with E-state index >= 15 is 0 Å². The van der Waals surface area contributed by atoms with Crippen LogP contribution in [0.25, 0.3) is 17.3 Å². The van der Waals surface area contributed by atoms with E-state index in [1.54, 1.807) is 0 Å². The minimum absolute atomic E-state index is 0.335. The second-order valence-corrected chi connectivity index (χ2v) is 7.53. The van der Waals surface area contributed by atoms with E-state index in [0.29, 0.717) is 12.4 Å². The molecule has 0 radical (unpaired) electrons. The van der Waals surface area contributed by atoms with Crippen molar-refractivity contribution in [1.82, 2.24) is 10.5 Å². The Bertz CT molecular complexity index is 1100. The van der Waals surface area contributed by atoms with Crippen LogP contribution in [0.3, 0.4) is 0 Å². The molecule has 0 spiro atoms. The van der Waals surface area contributed by atoms with Crippen molar-refractivity contribution in [3.8, 4) is 5.75 Å². The fraction of sp³-hybridized carbons (Fsp3) is 0.192. The van der Waals surface area contributed by atoms with Gasteiger partial charge < -0.3 is 14.8 Å². The van der Waals surface area contributed by atoms with E-state index in [1.807, 2.05) is 67.0 Å². The lowest BCUT2D eigenvalue weighted by Crippen LogP contribution is -2.14. The number of hydrogen-bond acceptors (Lipinski definition) is 4. The average molecular weight is 431 g/mol. The molecule has 1 heterocycles. The van der Waals surface area contributed by atoms with Crippen molar-refractivity contribution in [1.29, 1.82) is 0 Å². The van der Waals surface area contributed by atoms with Crippen LogP contribution in [0.2, 0.25) is 0 Å². The zero-order valence-corrected chi connectivity index (χ0v) is 17.7. The molecular weight excluding hydrogens is 404 g/mol. The Morgan fingerprint density at radius 2 is 1.97 bits per heavy atom. The van der Waals surface area contributed by atoms with Gasteiger partial charge in [-0.1, -0.05) is 48.5 Å². The summed E-state index contributed by atoms with van der Waals surface area (Å²) in [6.45, 7) is 0.0601. The molecule has 6 nitrogen and oxygen atoms in total. The number of H-pyrrole nitrogens is 1. The van der Waals surface area contributed by atoms with E-state index < -0.39 is 5.97 Å². The van der Waals surface area contributed by atoms with Crippen molar-refractivity contribution in [2.45, 2.75) is 19.3 Å². The Labute approximate surface area is 187 Å². The van der Waals surface area contributed by atoms with Gasteiger partial charge in [0.1, 0.15) is 5.75 Å². The molecule has 0 saturated heterocycles. The summed E-state index contributed by atoms with van der Waals surface area (Å²) >= 11 is 0. The summed E-state index contributed by atoms with van der Waals surface area (Å²) in [5, 5.41) is 8.92. The minimum Gasteiger partial charge on any atom is -0.482 e. The maximum Gasteiger partial charge on any atom is 0.341 e. The zero-order valence-electron chi connectivity index (χ0n) is 17.7. The first-order valence-electron chi connectivity index (χ1n) is 10.6. The number of rotatable bonds is 9. The lowest BCUT2D eigenvalue weighted by atomic mass is 9.86. The van der Waals surface area contributed by atoms with Crippen LogP contribution in [-0.2, 0) is 16.1 Å². The molecule has 0 bridgehead atoms. The van der Waals surface area contributed by atoms with Gasteiger partial charge in [0.25, 0.3) is 0 Å². The van der Waals surface area contributed by atoms with Gasteiger partial charge in [-0.05, 0) is 59.7 Å². The molecule has 0 atom stereocenters. The number of aromatic amines is 1. The molecule has 3 aromatic rings. The summed E-state index contributed by atoms with van der Waals surface area (Å²) in [6.07, 6.45) is 10.7. The number of aliphatic carboxylic acids is 1. The lowest BCUT2D eigenvalue weighted by molar-refractivity contribution is -0.139. The maximum atomic E-state index is 10.9. The van der Waals surface area contributed by atoms with Gasteiger partial charge in [0, 0.05) is 18.0 Å². The standard InChI is InChI=1S/C26H26N2O4/c29-26(30)18-31-25-11-5-9-22-20(8-4-10-23(22)25)13-15-32-28-24(16-19-12-14-27-17-19)21-6-2-1-3-7-21/h1-3,5-7,9,11-14,16-17,27-28H,4,8,10,15,18H2,(H,29,30). The number of carboxylic acids is 1. The first-order chi connectivity index (χ1) is 15.7. The number of aromatic nitrogens is 1. The summed E-state index contributed by atoms with van der Waals surface area (Å²) < 4.78 is 5.49. The Kier molecular flexibility index (Phi) is 7.05. The highest BCUT2D eigenvalue weighted by Gasteiger charge is 2.18. The van der Waals surface area contributed by atoms with Crippen LogP contribution in [0.1, 0.15) is 35.1 Å². The molecule has 0 amide bonds. The van der Waals surface area contributed by atoms with E-state index in [-0.39, 0.29) is 6.61 Å². The molecule has 6 heteroatoms. The molecule has 4 rings (SSSR count). The molecule has 1 aliphatic carbocycles. The van der Waals surface area contributed by atoms with E-state index in [4.69, 9.17) is 14.7 Å². The fourth-order valence-corrected chi connectivity index (χ4v) is 3.85. The molecule has 0 unspecified atom stereocenters. The van der Waals surface area contributed by atoms with E-state index in [1.165, 1.54) is 5.57 Å². The van der Waals surface area contributed by atoms with Crippen molar-refractivity contribution in [2.24, 2.45) is 0 Å². The Morgan fingerprint density at radius 1 is 1.09 bits per heavy atom. The Hall–Kier alpha value is -3.77. The SMILES string of the molecule is O=C(O)COc1cccc2c1CCCC2=CCONC(=Cc1cc[nH]c1)c1ccccc1. The predicted octanol–water partition coefficient (Wildman–Crippen LogP) is 4.92. The highest BCUT2D eigenvalue weighted by Crippen LogP contribution is 2.36. The van der Waals surface area contributed by atoms with Gasteiger partial charge in [-0.25, -0.2) is 4.79 Å². The molecule has 0 saturated carbocycles. The Morgan fingerprint density at radius 3 is 2.75 bits per heavy atom. The minimum atomic E-state index is -0.976. The number of nitrogens with one attached hydrogen (secondary N) is 2. The number of carboxylic acid groups (broad SMARTS) is 1. The third-order valence-corrected chi connectivity index (χ3v) is 5.32. The smallest absolute Gasteiger partial charge is 0.341 e. The number of benzene rings is 2. The molecule has 1 aromatic heterocycles. The second kappa shape index (κ2) is 10.5. The van der Waals surface area contributed by atoms with Gasteiger partial charge in [0.05, 0.1) is 12.3 Å². The number of hydrogen-bond donors (Lipinski definition) is 3. The van der Waals surface area contributed by atoms with E-state index in [0.717, 1.165) is 47.2 Å². The van der Waals surface area contributed by atoms with Crippen LogP contribution < -0.4 is 10.2 Å². The van der Waals surface area contributed by atoms with Crippen LogP contribution >= 0.6 is 0 Å². The van der Waals surface area contributed by atoms with Gasteiger partial charge >= 0.3 is 5.97 Å². The summed E-state index contributed by atoms with van der Waals surface area (Å²) in [4.78, 5) is 19.7. The van der Waals surface area contributed by atoms with Crippen molar-refractivity contribution in [3.63, 3.8) is 0 Å². The van der Waals surface area contributed by atoms with Gasteiger partial charge in [-0.2, -0.15) is 0 Å². The van der Waals surface area contributed by atoms with Gasteiger partial charge in [-0.15, -0.1) is 0 Å². The number of allylic oxidation sites excluding steroid dienone is 1. The Balaban J connectivity index is 1.45. The van der Waals surface area contributed by atoms with Crippen LogP contribution in [0, 0.1) is 0 Å². The molecule has 32 heavy (non-hydrogen) atoms. The third-order valence-electron chi connectivity index (χ3n) is 5.32. The van der Waals surface area contributed by atoms with Crippen molar-refractivity contribution < 1.29 is 19.5 Å². The summed E-state index contributed by atoms with van der Waals surface area (Å²) in [5.41, 5.74) is 9.40. The molecule has 1 aliphatic rings. The van der Waals surface area contributed by atoms with Crippen LogP contribution in [0.15, 0.2) is 73.1 Å². The molecule has 0 fully saturated rings. The van der Waals surface area contributed by atoms with Crippen molar-refractivity contribution >= 4 is 23.3 Å². The van der Waals surface area contributed by atoms with Gasteiger partial charge in [0.2, 0.25) is 0 Å². The first kappa shape index (κ1) is 21.5. The molecule has 3 N–H and O–H groups in total. The summed E-state index contributed by atoms with van der Waals surface area (Å²) in [7, 11) is 0. The molecular formula is C26H26N2O4. The normalized spacial score (nSPS) is 14.8. The van der Waals surface area contributed by atoms with Crippen LogP contribution in [-0.4, -0.2) is 29.3 Å². The highest BCUT2D eigenvalue weighted by molar-refractivity contribution is 5.79. The fourth-order valence-electron chi connectivity index (χ4n) is 3.85. The third kappa shape index (κ3) is 5.47. The molecule has 0 aliphatic heterocycles. The number of fused-ring (bicyclic) bond motifs is 1. The average Bonchev–Trinajstić information content (AvgIpc) is 3.33. The number of carbonyl (C=O) groups is 1. The monoisotopic (exact) mass is 430 g/mol. The summed E-state index contributed by atoms with van der Waals surface area (Å²) in [5.74, 6) is -0.328. The highest BCUT2D eigenvalue weighted by atomic mass is 16.6. The topological polar surface area (TPSA) is 83.6 Å². The van der Waals surface area contributed by atoms with Crippen molar-refractivity contribution in [3.05, 3.63) is 95.3 Å². The quantitative estimate of drug-likeness (QED) is 0.332. The number of ether oxygens (including phenoxy) is 1. The second-order valence-electron chi connectivity index (χ2n) is 7.53. The van der Waals surface area contributed by atoms with E-state index in [9.17, 15) is 4.79 Å². The van der Waals surface area contributed by atoms with Crippen LogP contribution in [0.4, 0.5) is 0 Å². The molecule has 2 aromatic carbocycles. The maximum absolute atomic E-state index is 10.9. The largest absolute Gasteiger partial charge is 0.482 e. The lowest BCUT2D eigenvalue weighted by Gasteiger charge is -2.22. The first-order valence-corrected chi connectivity index (χ1v) is 10.6. The number of hydroxylamine groups is 1. The van der Waals surface area contributed by atoms with E-state index in [2.05, 4.69) is 22.6 Å².